The van der Waals surface area contributed by atoms with Gasteiger partial charge in [0.05, 0.1) is 29.8 Å². The summed E-state index contributed by atoms with van der Waals surface area (Å²) in [5.74, 6) is -1.08. The van der Waals surface area contributed by atoms with Gasteiger partial charge < -0.3 is 9.67 Å². The predicted octanol–water partition coefficient (Wildman–Crippen LogP) is 5.33. The molecule has 35 heavy (non-hydrogen) atoms. The number of halogens is 2. The molecule has 0 spiro atoms. The van der Waals surface area contributed by atoms with Crippen LogP contribution in [0.25, 0.3) is 21.8 Å². The summed E-state index contributed by atoms with van der Waals surface area (Å²) < 4.78 is 56.9. The second kappa shape index (κ2) is 9.13. The van der Waals surface area contributed by atoms with Gasteiger partial charge in [0, 0.05) is 21.8 Å². The van der Waals surface area contributed by atoms with E-state index in [0.717, 1.165) is 50.4 Å². The van der Waals surface area contributed by atoms with Gasteiger partial charge in [-0.15, -0.1) is 0 Å². The second-order valence-electron chi connectivity index (χ2n) is 8.27. The number of aromatic nitrogens is 1. The van der Waals surface area contributed by atoms with E-state index in [4.69, 9.17) is 0 Å². The van der Waals surface area contributed by atoms with Crippen molar-refractivity contribution in [3.8, 4) is 0 Å². The fourth-order valence-electron chi connectivity index (χ4n) is 4.34. The summed E-state index contributed by atoms with van der Waals surface area (Å²) in [4.78, 5) is -0.132. The molecule has 1 atom stereocenters. The number of rotatable bonds is 7. The van der Waals surface area contributed by atoms with Crippen LogP contribution in [0.3, 0.4) is 0 Å². The molecule has 0 amide bonds. The van der Waals surface area contributed by atoms with Crippen LogP contribution in [0.1, 0.15) is 0 Å². The first-order valence-electron chi connectivity index (χ1n) is 11.0. The number of fused-ring (bicyclic) bond motifs is 3. The van der Waals surface area contributed by atoms with Crippen LogP contribution in [-0.2, 0) is 16.6 Å². The van der Waals surface area contributed by atoms with Crippen molar-refractivity contribution in [2.45, 2.75) is 17.5 Å². The minimum absolute atomic E-state index is 0.130. The lowest BCUT2D eigenvalue weighted by Crippen LogP contribution is -2.39. The number of sulfonamides is 1. The van der Waals surface area contributed by atoms with Crippen molar-refractivity contribution in [1.82, 2.24) is 4.57 Å². The van der Waals surface area contributed by atoms with Crippen LogP contribution in [0, 0.1) is 11.6 Å². The maximum atomic E-state index is 13.6. The molecular weight excluding hydrogens is 470 g/mol. The van der Waals surface area contributed by atoms with E-state index in [1.807, 2.05) is 53.1 Å². The zero-order valence-corrected chi connectivity index (χ0v) is 19.4. The van der Waals surface area contributed by atoms with Crippen LogP contribution in [0.15, 0.2) is 102 Å². The van der Waals surface area contributed by atoms with Gasteiger partial charge in [0.15, 0.2) is 0 Å². The average Bonchev–Trinajstić information content (AvgIpc) is 3.17. The molecule has 1 heterocycles. The summed E-state index contributed by atoms with van der Waals surface area (Å²) in [5, 5.41) is 13.2. The molecule has 1 aromatic heterocycles. The first-order chi connectivity index (χ1) is 16.8. The number of aliphatic hydroxyl groups is 1. The summed E-state index contributed by atoms with van der Waals surface area (Å²) in [7, 11) is -4.17. The first-order valence-corrected chi connectivity index (χ1v) is 12.5. The lowest BCUT2D eigenvalue weighted by Gasteiger charge is -2.27. The highest BCUT2D eigenvalue weighted by atomic mass is 32.2. The molecule has 8 heteroatoms. The van der Waals surface area contributed by atoms with Crippen LogP contribution in [0.5, 0.6) is 0 Å². The standard InChI is InChI=1S/C27H22F2N2O3S/c28-19-9-13-21(14-10-19)31(35(33,34)23-15-11-20(29)12-16-23)18-22(32)17-30-26-7-3-1-5-24(26)25-6-2-4-8-27(25)30/h1-16,22,32H,17-18H2/t22-/m0/s1. The topological polar surface area (TPSA) is 62.5 Å². The Morgan fingerprint density at radius 2 is 1.23 bits per heavy atom. The molecule has 1 N–H and O–H groups in total. The van der Waals surface area contributed by atoms with Gasteiger partial charge in [-0.05, 0) is 60.7 Å². The second-order valence-corrected chi connectivity index (χ2v) is 10.1. The van der Waals surface area contributed by atoms with Gasteiger partial charge in [0.25, 0.3) is 10.0 Å². The molecule has 0 saturated heterocycles. The molecule has 5 nitrogen and oxygen atoms in total. The Balaban J connectivity index is 1.53. The number of anilines is 1. The van der Waals surface area contributed by atoms with Gasteiger partial charge >= 0.3 is 0 Å². The zero-order valence-electron chi connectivity index (χ0n) is 18.6. The molecule has 178 valence electrons. The van der Waals surface area contributed by atoms with Crippen molar-refractivity contribution in [2.75, 3.05) is 10.8 Å². The number of benzene rings is 4. The van der Waals surface area contributed by atoms with Gasteiger partial charge in [-0.25, -0.2) is 17.2 Å². The van der Waals surface area contributed by atoms with E-state index in [9.17, 15) is 22.3 Å². The largest absolute Gasteiger partial charge is 0.389 e. The highest BCUT2D eigenvalue weighted by Gasteiger charge is 2.28. The average molecular weight is 493 g/mol. The summed E-state index contributed by atoms with van der Waals surface area (Å²) in [6.07, 6.45) is -1.10. The quantitative estimate of drug-likeness (QED) is 0.334. The Labute approximate surface area is 201 Å². The third kappa shape index (κ3) is 4.38. The Morgan fingerprint density at radius 3 is 1.77 bits per heavy atom. The van der Waals surface area contributed by atoms with Crippen LogP contribution < -0.4 is 4.31 Å². The summed E-state index contributed by atoms with van der Waals surface area (Å²) in [6, 6.07) is 25.1. The Morgan fingerprint density at radius 1 is 0.743 bits per heavy atom. The van der Waals surface area contributed by atoms with E-state index in [1.54, 1.807) is 0 Å². The molecule has 0 fully saturated rings. The van der Waals surface area contributed by atoms with Crippen LogP contribution in [0.2, 0.25) is 0 Å². The highest BCUT2D eigenvalue weighted by molar-refractivity contribution is 7.92. The Bertz CT molecular complexity index is 1540. The third-order valence-electron chi connectivity index (χ3n) is 5.97. The number of nitrogens with zero attached hydrogens (tertiary/aromatic N) is 2. The third-order valence-corrected chi connectivity index (χ3v) is 7.77. The Hall–Kier alpha value is -3.75. The summed E-state index contributed by atoms with van der Waals surface area (Å²) in [6.45, 7) is -0.156. The maximum Gasteiger partial charge on any atom is 0.264 e. The lowest BCUT2D eigenvalue weighted by molar-refractivity contribution is 0.166. The molecule has 0 aliphatic heterocycles. The predicted molar refractivity (Wildman–Crippen MR) is 133 cm³/mol. The van der Waals surface area contributed by atoms with Crippen molar-refractivity contribution in [1.29, 1.82) is 0 Å². The number of para-hydroxylation sites is 2. The van der Waals surface area contributed by atoms with Crippen molar-refractivity contribution in [2.24, 2.45) is 0 Å². The summed E-state index contributed by atoms with van der Waals surface area (Å²) >= 11 is 0. The molecule has 0 aliphatic rings. The molecule has 5 aromatic rings. The molecule has 0 bridgehead atoms. The number of hydrogen-bond donors (Lipinski definition) is 1. The van der Waals surface area contributed by atoms with Crippen molar-refractivity contribution < 1.29 is 22.3 Å². The zero-order chi connectivity index (χ0) is 24.6. The van der Waals surface area contributed by atoms with Crippen LogP contribution >= 0.6 is 0 Å². The van der Waals surface area contributed by atoms with Gasteiger partial charge in [-0.2, -0.15) is 0 Å². The van der Waals surface area contributed by atoms with Crippen molar-refractivity contribution in [3.63, 3.8) is 0 Å². The van der Waals surface area contributed by atoms with E-state index in [-0.39, 0.29) is 23.7 Å². The van der Waals surface area contributed by atoms with Gasteiger partial charge in [-0.1, -0.05) is 36.4 Å². The first kappa shape index (κ1) is 23.0. The molecule has 0 unspecified atom stereocenters. The number of hydrogen-bond acceptors (Lipinski definition) is 3. The maximum absolute atomic E-state index is 13.6. The lowest BCUT2D eigenvalue weighted by atomic mass is 10.2. The minimum atomic E-state index is -4.17. The minimum Gasteiger partial charge on any atom is -0.389 e. The highest BCUT2D eigenvalue weighted by Crippen LogP contribution is 2.30. The van der Waals surface area contributed by atoms with Crippen molar-refractivity contribution >= 4 is 37.5 Å². The monoisotopic (exact) mass is 492 g/mol. The van der Waals surface area contributed by atoms with E-state index in [1.165, 1.54) is 24.3 Å². The number of aliphatic hydroxyl groups excluding tert-OH is 1. The molecule has 4 aromatic carbocycles. The Kier molecular flexibility index (Phi) is 6.00. The van der Waals surface area contributed by atoms with E-state index < -0.39 is 27.8 Å². The normalized spacial score (nSPS) is 12.8. The molecular formula is C27H22F2N2O3S. The molecule has 0 radical (unpaired) electrons. The fourth-order valence-corrected chi connectivity index (χ4v) is 5.85. The SMILES string of the molecule is O=S(=O)(c1ccc(F)cc1)N(C[C@@H](O)Cn1c2ccccc2c2ccccc21)c1ccc(F)cc1. The van der Waals surface area contributed by atoms with Crippen LogP contribution in [0.4, 0.5) is 14.5 Å². The van der Waals surface area contributed by atoms with E-state index in [0.29, 0.717) is 0 Å². The fraction of sp³-hybridized carbons (Fsp3) is 0.111. The van der Waals surface area contributed by atoms with Crippen LogP contribution in [-0.4, -0.2) is 30.7 Å². The van der Waals surface area contributed by atoms with Crippen molar-refractivity contribution in [3.05, 3.63) is 109 Å². The van der Waals surface area contributed by atoms with Gasteiger partial charge in [0.1, 0.15) is 11.6 Å². The van der Waals surface area contributed by atoms with E-state index in [2.05, 4.69) is 0 Å². The molecule has 0 saturated carbocycles. The van der Waals surface area contributed by atoms with Gasteiger partial charge in [-0.3, -0.25) is 4.31 Å². The van der Waals surface area contributed by atoms with Gasteiger partial charge in [0.2, 0.25) is 0 Å². The smallest absolute Gasteiger partial charge is 0.264 e. The molecule has 5 rings (SSSR count). The summed E-state index contributed by atoms with van der Waals surface area (Å²) in [5.41, 5.74) is 2.03. The molecule has 0 aliphatic carbocycles. The van der Waals surface area contributed by atoms with E-state index >= 15 is 0 Å².